The fraction of sp³-hybridized carbons (Fsp3) is 0.179. The number of carbonyl (C=O) groups excluding carboxylic acids is 2. The molecule has 8 nitrogen and oxygen atoms in total. The van der Waals surface area contributed by atoms with Gasteiger partial charge < -0.3 is 19.7 Å². The number of nitrogens with zero attached hydrogens (tertiary/aromatic N) is 2. The number of aromatic hydroxyl groups is 1. The Morgan fingerprint density at radius 3 is 2.58 bits per heavy atom. The highest BCUT2D eigenvalue weighted by Gasteiger charge is 2.48. The van der Waals surface area contributed by atoms with Crippen LogP contribution >= 0.6 is 0 Å². The van der Waals surface area contributed by atoms with Gasteiger partial charge in [-0.2, -0.15) is 0 Å². The lowest BCUT2D eigenvalue weighted by atomic mass is 9.88. The predicted octanol–water partition coefficient (Wildman–Crippen LogP) is 3.85. The third-order valence-electron chi connectivity index (χ3n) is 6.26. The molecule has 3 amide bonds. The van der Waals surface area contributed by atoms with E-state index >= 15 is 0 Å². The maximum absolute atomic E-state index is 13.1. The second-order valence-electron chi connectivity index (χ2n) is 8.69. The number of aryl methyl sites for hydroxylation is 1. The lowest BCUT2D eigenvalue weighted by Crippen LogP contribution is -2.47. The van der Waals surface area contributed by atoms with Crippen LogP contribution in [-0.4, -0.2) is 33.2 Å². The molecule has 0 unspecified atom stereocenters. The van der Waals surface area contributed by atoms with Crippen LogP contribution in [0.25, 0.3) is 21.9 Å². The number of benzene rings is 2. The number of rotatable bonds is 6. The monoisotopic (exact) mass is 480 g/mol. The van der Waals surface area contributed by atoms with Gasteiger partial charge in [0.2, 0.25) is 0 Å². The molecule has 1 fully saturated rings. The summed E-state index contributed by atoms with van der Waals surface area (Å²) in [6.07, 6.45) is 5.30. The van der Waals surface area contributed by atoms with Crippen molar-refractivity contribution in [3.8, 4) is 34.6 Å². The van der Waals surface area contributed by atoms with Crippen LogP contribution in [-0.2, 0) is 16.9 Å². The molecular formula is C28H24N4O4. The van der Waals surface area contributed by atoms with Crippen molar-refractivity contribution in [1.82, 2.24) is 20.2 Å². The van der Waals surface area contributed by atoms with Gasteiger partial charge in [-0.15, -0.1) is 5.92 Å². The molecule has 5 rings (SSSR count). The standard InChI is InChI=1S/C28H24N4O4/c1-3-4-11-36-23-10-7-20-16-32(25(33)24(20)13-23)17-28(26(34)30-27(35)31-28)22-8-5-19(6-9-22)21-12-18(2)14-29-15-21/h5-10,12-16,33H,11,17H2,1-2H3,(H2,30,31,34,35)/t28-/m0/s1. The van der Waals surface area contributed by atoms with Crippen molar-refractivity contribution in [2.45, 2.75) is 25.9 Å². The number of ether oxygens (including phenoxy) is 1. The first-order chi connectivity index (χ1) is 17.4. The Morgan fingerprint density at radius 2 is 1.89 bits per heavy atom. The largest absolute Gasteiger partial charge is 0.494 e. The lowest BCUT2D eigenvalue weighted by molar-refractivity contribution is -0.124. The van der Waals surface area contributed by atoms with E-state index in [2.05, 4.69) is 27.5 Å². The third-order valence-corrected chi connectivity index (χ3v) is 6.26. The van der Waals surface area contributed by atoms with Crippen LogP contribution in [0.1, 0.15) is 18.1 Å². The normalized spacial score (nSPS) is 16.8. The minimum absolute atomic E-state index is 0.00602. The van der Waals surface area contributed by atoms with Gasteiger partial charge in [0.25, 0.3) is 5.91 Å². The van der Waals surface area contributed by atoms with Crippen molar-refractivity contribution < 1.29 is 19.4 Å². The van der Waals surface area contributed by atoms with Crippen molar-refractivity contribution >= 4 is 22.7 Å². The van der Waals surface area contributed by atoms with E-state index in [0.29, 0.717) is 16.7 Å². The molecule has 0 aliphatic carbocycles. The zero-order valence-corrected chi connectivity index (χ0v) is 19.8. The average molecular weight is 481 g/mol. The number of carbonyl (C=O) groups is 2. The number of hydrogen-bond donors (Lipinski definition) is 3. The van der Waals surface area contributed by atoms with Gasteiger partial charge in [-0.05, 0) is 54.8 Å². The summed E-state index contributed by atoms with van der Waals surface area (Å²) >= 11 is 0. The Balaban J connectivity index is 1.51. The van der Waals surface area contributed by atoms with Gasteiger partial charge in [0.1, 0.15) is 12.4 Å². The molecule has 8 heteroatoms. The SMILES string of the molecule is CC#CCOc1ccc2cn(C[C@@]3(c4ccc(-c5cncc(C)c5)cc4)NC(=O)NC3=O)c(O)c2c1. The molecule has 2 aromatic heterocycles. The molecule has 0 bridgehead atoms. The third kappa shape index (κ3) is 4.12. The van der Waals surface area contributed by atoms with Crippen molar-refractivity contribution in [1.29, 1.82) is 0 Å². The molecular weight excluding hydrogens is 456 g/mol. The van der Waals surface area contributed by atoms with Crippen LogP contribution in [0.5, 0.6) is 11.6 Å². The molecule has 0 radical (unpaired) electrons. The average Bonchev–Trinajstić information content (AvgIpc) is 3.34. The molecule has 1 saturated heterocycles. The Labute approximate surface area is 207 Å². The molecule has 1 aliphatic heterocycles. The lowest BCUT2D eigenvalue weighted by Gasteiger charge is -2.27. The summed E-state index contributed by atoms with van der Waals surface area (Å²) in [4.78, 5) is 29.6. The van der Waals surface area contributed by atoms with Gasteiger partial charge in [-0.25, -0.2) is 4.79 Å². The Bertz CT molecular complexity index is 1550. The first-order valence-electron chi connectivity index (χ1n) is 11.4. The Morgan fingerprint density at radius 1 is 1.08 bits per heavy atom. The fourth-order valence-corrected chi connectivity index (χ4v) is 4.44. The van der Waals surface area contributed by atoms with Gasteiger partial charge in [-0.3, -0.25) is 15.1 Å². The predicted molar refractivity (Wildman–Crippen MR) is 135 cm³/mol. The molecule has 4 aromatic rings. The number of fused-ring (bicyclic) bond motifs is 1. The molecule has 3 N–H and O–H groups in total. The van der Waals surface area contributed by atoms with E-state index in [1.807, 2.05) is 43.3 Å². The maximum Gasteiger partial charge on any atom is 0.322 e. The Kier molecular flexibility index (Phi) is 5.82. The van der Waals surface area contributed by atoms with Gasteiger partial charge in [0, 0.05) is 34.9 Å². The molecule has 180 valence electrons. The summed E-state index contributed by atoms with van der Waals surface area (Å²) in [5.41, 5.74) is 2.12. The van der Waals surface area contributed by atoms with E-state index < -0.39 is 17.5 Å². The van der Waals surface area contributed by atoms with Gasteiger partial charge in [0.15, 0.2) is 11.4 Å². The number of amides is 3. The van der Waals surface area contributed by atoms with Gasteiger partial charge in [0.05, 0.1) is 6.54 Å². The molecule has 36 heavy (non-hydrogen) atoms. The zero-order valence-electron chi connectivity index (χ0n) is 19.8. The number of aromatic nitrogens is 2. The minimum atomic E-state index is -1.40. The molecule has 1 aliphatic rings. The summed E-state index contributed by atoms with van der Waals surface area (Å²) in [5.74, 6) is 5.65. The van der Waals surface area contributed by atoms with Gasteiger partial charge >= 0.3 is 6.03 Å². The first-order valence-corrected chi connectivity index (χ1v) is 11.4. The number of imide groups is 1. The van der Waals surface area contributed by atoms with Gasteiger partial charge in [-0.1, -0.05) is 30.2 Å². The van der Waals surface area contributed by atoms with Crippen LogP contribution in [0.15, 0.2) is 67.1 Å². The number of pyridine rings is 1. The number of nitrogens with one attached hydrogen (secondary N) is 2. The van der Waals surface area contributed by atoms with E-state index in [0.717, 1.165) is 22.1 Å². The summed E-state index contributed by atoms with van der Waals surface area (Å²) in [5, 5.41) is 17.5. The highest BCUT2D eigenvalue weighted by molar-refractivity contribution is 6.07. The molecule has 0 saturated carbocycles. The maximum atomic E-state index is 13.1. The van der Waals surface area contributed by atoms with Crippen LogP contribution in [0, 0.1) is 18.8 Å². The van der Waals surface area contributed by atoms with E-state index in [1.165, 1.54) is 0 Å². The number of hydrogen-bond acceptors (Lipinski definition) is 5. The van der Waals surface area contributed by atoms with Crippen LogP contribution in [0.2, 0.25) is 0 Å². The van der Waals surface area contributed by atoms with Crippen molar-refractivity contribution in [3.63, 3.8) is 0 Å². The van der Waals surface area contributed by atoms with Crippen molar-refractivity contribution in [2.24, 2.45) is 0 Å². The van der Waals surface area contributed by atoms with E-state index in [-0.39, 0.29) is 19.0 Å². The van der Waals surface area contributed by atoms with E-state index in [4.69, 9.17) is 4.74 Å². The second-order valence-corrected chi connectivity index (χ2v) is 8.69. The van der Waals surface area contributed by atoms with Crippen molar-refractivity contribution in [3.05, 3.63) is 78.2 Å². The summed E-state index contributed by atoms with van der Waals surface area (Å²) in [7, 11) is 0. The summed E-state index contributed by atoms with van der Waals surface area (Å²) in [6, 6.07) is 14.2. The van der Waals surface area contributed by atoms with Crippen LogP contribution in [0.3, 0.4) is 0 Å². The highest BCUT2D eigenvalue weighted by Crippen LogP contribution is 2.35. The van der Waals surface area contributed by atoms with Crippen LogP contribution < -0.4 is 15.4 Å². The quantitative estimate of drug-likeness (QED) is 0.287. The molecule has 3 heterocycles. The number of urea groups is 1. The van der Waals surface area contributed by atoms with E-state index in [1.54, 1.807) is 42.2 Å². The summed E-state index contributed by atoms with van der Waals surface area (Å²) < 4.78 is 7.17. The molecule has 0 spiro atoms. The first kappa shape index (κ1) is 23.0. The second kappa shape index (κ2) is 9.12. The molecule has 1 atom stereocenters. The van der Waals surface area contributed by atoms with Crippen molar-refractivity contribution in [2.75, 3.05) is 6.61 Å². The zero-order chi connectivity index (χ0) is 25.3. The minimum Gasteiger partial charge on any atom is -0.494 e. The fourth-order valence-electron chi connectivity index (χ4n) is 4.44. The summed E-state index contributed by atoms with van der Waals surface area (Å²) in [6.45, 7) is 3.95. The highest BCUT2D eigenvalue weighted by atomic mass is 16.5. The topological polar surface area (TPSA) is 105 Å². The smallest absolute Gasteiger partial charge is 0.322 e. The molecule has 2 aromatic carbocycles. The van der Waals surface area contributed by atoms with E-state index in [9.17, 15) is 14.7 Å². The Hall–Kier alpha value is -4.77. The van der Waals surface area contributed by atoms with Crippen LogP contribution in [0.4, 0.5) is 4.79 Å².